The molecule has 0 saturated heterocycles. The first kappa shape index (κ1) is 16.2. The van der Waals surface area contributed by atoms with Gasteiger partial charge >= 0.3 is 0 Å². The van der Waals surface area contributed by atoms with Crippen LogP contribution in [0, 0.1) is 16.7 Å². The third-order valence-corrected chi connectivity index (χ3v) is 3.44. The molecule has 4 heteroatoms. The van der Waals surface area contributed by atoms with Crippen molar-refractivity contribution in [2.45, 2.75) is 39.8 Å². The van der Waals surface area contributed by atoms with Gasteiger partial charge in [-0.1, -0.05) is 32.9 Å². The van der Waals surface area contributed by atoms with Gasteiger partial charge in [0.25, 0.3) is 0 Å². The Labute approximate surface area is 121 Å². The van der Waals surface area contributed by atoms with Gasteiger partial charge in [0.15, 0.2) is 0 Å². The van der Waals surface area contributed by atoms with Crippen molar-refractivity contribution in [1.82, 2.24) is 4.90 Å². The molecule has 20 heavy (non-hydrogen) atoms. The van der Waals surface area contributed by atoms with Gasteiger partial charge < -0.3 is 10.6 Å². The number of nitriles is 1. The zero-order valence-corrected chi connectivity index (χ0v) is 12.7. The number of carbonyl (C=O) groups excluding carboxylic acids is 1. The number of amides is 1. The molecule has 1 unspecified atom stereocenters. The highest BCUT2D eigenvalue weighted by Gasteiger charge is 2.24. The Morgan fingerprint density at radius 3 is 2.35 bits per heavy atom. The summed E-state index contributed by atoms with van der Waals surface area (Å²) in [5.41, 5.74) is 7.59. The summed E-state index contributed by atoms with van der Waals surface area (Å²) in [6.45, 7) is 6.63. The van der Waals surface area contributed by atoms with Gasteiger partial charge in [-0.2, -0.15) is 5.26 Å². The van der Waals surface area contributed by atoms with E-state index in [9.17, 15) is 4.79 Å². The van der Waals surface area contributed by atoms with Crippen molar-refractivity contribution in [3.8, 4) is 6.07 Å². The quantitative estimate of drug-likeness (QED) is 0.915. The molecule has 4 nitrogen and oxygen atoms in total. The normalized spacial score (nSPS) is 12.6. The summed E-state index contributed by atoms with van der Waals surface area (Å²) in [6.07, 6.45) is 0.344. The van der Waals surface area contributed by atoms with Crippen molar-refractivity contribution < 1.29 is 4.79 Å². The molecule has 1 aromatic carbocycles. The van der Waals surface area contributed by atoms with Gasteiger partial charge in [-0.15, -0.1) is 0 Å². The second-order valence-electron chi connectivity index (χ2n) is 6.24. The van der Waals surface area contributed by atoms with Crippen LogP contribution in [0.3, 0.4) is 0 Å². The highest BCUT2D eigenvalue weighted by atomic mass is 16.2. The summed E-state index contributed by atoms with van der Waals surface area (Å²) >= 11 is 0. The highest BCUT2D eigenvalue weighted by Crippen LogP contribution is 2.20. The van der Waals surface area contributed by atoms with Crippen molar-refractivity contribution in [3.05, 3.63) is 35.4 Å². The third kappa shape index (κ3) is 4.67. The fourth-order valence-electron chi connectivity index (χ4n) is 1.70. The van der Waals surface area contributed by atoms with Gasteiger partial charge in [-0.3, -0.25) is 4.79 Å². The molecule has 0 aliphatic heterocycles. The highest BCUT2D eigenvalue weighted by molar-refractivity contribution is 5.76. The number of hydrogen-bond donors (Lipinski definition) is 1. The van der Waals surface area contributed by atoms with E-state index in [1.807, 2.05) is 32.9 Å². The zero-order valence-electron chi connectivity index (χ0n) is 12.7. The van der Waals surface area contributed by atoms with Gasteiger partial charge in [0.05, 0.1) is 11.6 Å². The molecule has 1 atom stereocenters. The van der Waals surface area contributed by atoms with Gasteiger partial charge in [0, 0.05) is 26.1 Å². The van der Waals surface area contributed by atoms with Crippen molar-refractivity contribution in [3.63, 3.8) is 0 Å². The zero-order chi connectivity index (χ0) is 15.3. The van der Waals surface area contributed by atoms with Crippen molar-refractivity contribution in [2.24, 2.45) is 11.1 Å². The molecule has 0 heterocycles. The Bertz CT molecular complexity index is 494. The first-order valence-corrected chi connectivity index (χ1v) is 6.72. The van der Waals surface area contributed by atoms with Crippen molar-refractivity contribution >= 4 is 5.91 Å². The number of rotatable bonds is 4. The van der Waals surface area contributed by atoms with E-state index < -0.39 is 0 Å². The predicted molar refractivity (Wildman–Crippen MR) is 79.7 cm³/mol. The first-order valence-electron chi connectivity index (χ1n) is 6.72. The van der Waals surface area contributed by atoms with E-state index in [1.165, 1.54) is 0 Å². The molecule has 0 aromatic heterocycles. The molecular weight excluding hydrogens is 250 g/mol. The minimum absolute atomic E-state index is 0.0387. The fraction of sp³-hybridized carbons (Fsp3) is 0.500. The summed E-state index contributed by atoms with van der Waals surface area (Å²) in [6, 6.07) is 9.17. The topological polar surface area (TPSA) is 70.1 Å². The van der Waals surface area contributed by atoms with Crippen molar-refractivity contribution in [1.29, 1.82) is 5.26 Å². The third-order valence-electron chi connectivity index (χ3n) is 3.44. The monoisotopic (exact) mass is 273 g/mol. The van der Waals surface area contributed by atoms with Crippen molar-refractivity contribution in [2.75, 3.05) is 7.05 Å². The van der Waals surface area contributed by atoms with Crippen LogP contribution in [0.25, 0.3) is 0 Å². The SMILES string of the molecule is CN(Cc1ccc(C#N)cc1)C(=O)CC(N)C(C)(C)C. The van der Waals surface area contributed by atoms with Gasteiger partial charge in [0.1, 0.15) is 0 Å². The molecule has 2 N–H and O–H groups in total. The van der Waals surface area contributed by atoms with E-state index in [0.29, 0.717) is 18.5 Å². The molecule has 1 rings (SSSR count). The van der Waals surface area contributed by atoms with Gasteiger partial charge in [-0.05, 0) is 23.1 Å². The minimum Gasteiger partial charge on any atom is -0.341 e. The van der Waals surface area contributed by atoms with Crippen LogP contribution in [0.4, 0.5) is 0 Å². The lowest BCUT2D eigenvalue weighted by Gasteiger charge is -2.28. The lowest BCUT2D eigenvalue weighted by atomic mass is 9.85. The number of hydrogen-bond acceptors (Lipinski definition) is 3. The molecule has 0 bridgehead atoms. The maximum Gasteiger partial charge on any atom is 0.224 e. The lowest BCUT2D eigenvalue weighted by molar-refractivity contribution is -0.131. The number of nitrogens with two attached hydrogens (primary N) is 1. The predicted octanol–water partition coefficient (Wildman–Crippen LogP) is 2.28. The second-order valence-corrected chi connectivity index (χ2v) is 6.24. The summed E-state index contributed by atoms with van der Waals surface area (Å²) in [5, 5.41) is 8.75. The van der Waals surface area contributed by atoms with E-state index in [4.69, 9.17) is 11.0 Å². The van der Waals surface area contributed by atoms with Crippen LogP contribution >= 0.6 is 0 Å². The van der Waals surface area contributed by atoms with Gasteiger partial charge in [-0.25, -0.2) is 0 Å². The number of nitrogens with zero attached hydrogens (tertiary/aromatic N) is 2. The molecular formula is C16H23N3O. The summed E-state index contributed by atoms with van der Waals surface area (Å²) in [5.74, 6) is 0.0387. The Balaban J connectivity index is 2.59. The minimum atomic E-state index is -0.154. The molecule has 0 aliphatic rings. The number of carbonyl (C=O) groups is 1. The number of benzene rings is 1. The molecule has 0 aliphatic carbocycles. The summed E-state index contributed by atoms with van der Waals surface area (Å²) < 4.78 is 0. The van der Waals surface area contributed by atoms with E-state index in [-0.39, 0.29) is 17.4 Å². The van der Waals surface area contributed by atoms with E-state index in [0.717, 1.165) is 5.56 Å². The average Bonchev–Trinajstić information content (AvgIpc) is 2.38. The molecule has 0 fully saturated rings. The molecule has 0 spiro atoms. The summed E-state index contributed by atoms with van der Waals surface area (Å²) in [4.78, 5) is 13.8. The van der Waals surface area contributed by atoms with Crippen LogP contribution in [0.2, 0.25) is 0 Å². The maximum atomic E-state index is 12.1. The molecule has 108 valence electrons. The Morgan fingerprint density at radius 2 is 1.90 bits per heavy atom. The fourth-order valence-corrected chi connectivity index (χ4v) is 1.70. The van der Waals surface area contributed by atoms with Crippen LogP contribution in [-0.4, -0.2) is 23.9 Å². The first-order chi connectivity index (χ1) is 9.24. The molecule has 1 amide bonds. The molecule has 0 radical (unpaired) electrons. The Hall–Kier alpha value is -1.86. The van der Waals surface area contributed by atoms with E-state index in [1.54, 1.807) is 24.1 Å². The van der Waals surface area contributed by atoms with Gasteiger partial charge in [0.2, 0.25) is 5.91 Å². The summed E-state index contributed by atoms with van der Waals surface area (Å²) in [7, 11) is 1.77. The maximum absolute atomic E-state index is 12.1. The van der Waals surface area contributed by atoms with E-state index in [2.05, 4.69) is 6.07 Å². The molecule has 0 saturated carbocycles. The van der Waals surface area contributed by atoms with Crippen LogP contribution in [0.15, 0.2) is 24.3 Å². The second kappa shape index (κ2) is 6.53. The Morgan fingerprint density at radius 1 is 1.35 bits per heavy atom. The van der Waals surface area contributed by atoms with Crippen LogP contribution < -0.4 is 5.73 Å². The van der Waals surface area contributed by atoms with Crippen LogP contribution in [0.5, 0.6) is 0 Å². The van der Waals surface area contributed by atoms with Crippen LogP contribution in [0.1, 0.15) is 38.3 Å². The average molecular weight is 273 g/mol. The van der Waals surface area contributed by atoms with Crippen LogP contribution in [-0.2, 0) is 11.3 Å². The molecule has 1 aromatic rings. The largest absolute Gasteiger partial charge is 0.341 e. The standard InChI is InChI=1S/C16H23N3O/c1-16(2,3)14(18)9-15(20)19(4)11-13-7-5-12(10-17)6-8-13/h5-8,14H,9,11,18H2,1-4H3. The lowest BCUT2D eigenvalue weighted by Crippen LogP contribution is -2.40. The smallest absolute Gasteiger partial charge is 0.224 e. The Kier molecular flexibility index (Phi) is 5.29. The van der Waals surface area contributed by atoms with E-state index >= 15 is 0 Å².